The minimum absolute atomic E-state index is 0.158. The Hall–Kier alpha value is -2.35. The molecular weight excluding hydrogens is 252 g/mol. The molecule has 0 radical (unpaired) electrons. The number of hydrogen-bond acceptors (Lipinski definition) is 7. The molecule has 0 aliphatic carbocycles. The highest BCUT2D eigenvalue weighted by atomic mass is 16.6. The number of hydrazine groups is 1. The fourth-order valence-electron chi connectivity index (χ4n) is 1.53. The number of nitro groups is 1. The van der Waals surface area contributed by atoms with Crippen LogP contribution in [0.4, 0.5) is 17.1 Å². The Balaban J connectivity index is 3.01. The molecule has 0 bridgehead atoms. The van der Waals surface area contributed by atoms with Crippen molar-refractivity contribution in [3.63, 3.8) is 0 Å². The second-order valence-corrected chi connectivity index (χ2v) is 3.72. The number of carbonyl (C=O) groups excluding carboxylic acids is 1. The smallest absolute Gasteiger partial charge is 0.328 e. The van der Waals surface area contributed by atoms with Gasteiger partial charge in [-0.2, -0.15) is 0 Å². The van der Waals surface area contributed by atoms with Gasteiger partial charge in [0.15, 0.2) is 0 Å². The van der Waals surface area contributed by atoms with E-state index in [1.165, 1.54) is 12.1 Å². The van der Waals surface area contributed by atoms with E-state index < -0.39 is 16.9 Å². The van der Waals surface area contributed by atoms with Crippen LogP contribution in [0.25, 0.3) is 0 Å². The van der Waals surface area contributed by atoms with Gasteiger partial charge in [-0.1, -0.05) is 6.07 Å². The van der Waals surface area contributed by atoms with Crippen LogP contribution in [0, 0.1) is 10.1 Å². The summed E-state index contributed by atoms with van der Waals surface area (Å²) in [6, 6.07) is 3.85. The molecule has 0 aliphatic rings. The lowest BCUT2D eigenvalue weighted by molar-refractivity contribution is -0.383. The van der Waals surface area contributed by atoms with Crippen LogP contribution >= 0.6 is 0 Å². The molecule has 4 N–H and O–H groups in total. The number of nitrogens with one attached hydrogen (secondary N) is 2. The van der Waals surface area contributed by atoms with Gasteiger partial charge in [-0.15, -0.1) is 0 Å². The number of ether oxygens (including phenoxy) is 1. The fraction of sp³-hybridized carbons (Fsp3) is 0.364. The number of rotatable bonds is 6. The van der Waals surface area contributed by atoms with Crippen molar-refractivity contribution in [2.45, 2.75) is 19.9 Å². The minimum atomic E-state index is -0.702. The second-order valence-electron chi connectivity index (χ2n) is 3.72. The van der Waals surface area contributed by atoms with E-state index in [0.29, 0.717) is 0 Å². The highest BCUT2D eigenvalue weighted by Crippen LogP contribution is 2.32. The molecule has 0 spiro atoms. The van der Waals surface area contributed by atoms with Gasteiger partial charge in [0.1, 0.15) is 17.4 Å². The van der Waals surface area contributed by atoms with Crippen molar-refractivity contribution < 1.29 is 14.5 Å². The lowest BCUT2D eigenvalue weighted by atomic mass is 10.2. The molecule has 1 aromatic carbocycles. The maximum Gasteiger partial charge on any atom is 0.328 e. The van der Waals surface area contributed by atoms with E-state index in [1.807, 2.05) is 0 Å². The number of nitro benzene ring substituents is 1. The van der Waals surface area contributed by atoms with E-state index in [0.717, 1.165) is 0 Å². The van der Waals surface area contributed by atoms with E-state index in [4.69, 9.17) is 10.6 Å². The van der Waals surface area contributed by atoms with Gasteiger partial charge in [-0.25, -0.2) is 4.79 Å². The SMILES string of the molecule is CCOC(=O)C(C)Nc1cccc(NN)c1[N+](=O)[O-]. The van der Waals surface area contributed by atoms with Gasteiger partial charge < -0.3 is 15.5 Å². The zero-order valence-electron chi connectivity index (χ0n) is 10.7. The average Bonchev–Trinajstić information content (AvgIpc) is 2.38. The zero-order valence-corrected chi connectivity index (χ0v) is 10.7. The third-order valence-corrected chi connectivity index (χ3v) is 2.39. The maximum atomic E-state index is 11.5. The summed E-state index contributed by atoms with van der Waals surface area (Å²) in [4.78, 5) is 21.9. The molecule has 1 unspecified atom stereocenters. The first-order valence-corrected chi connectivity index (χ1v) is 5.68. The lowest BCUT2D eigenvalue weighted by Crippen LogP contribution is -2.28. The Morgan fingerprint density at radius 1 is 1.53 bits per heavy atom. The monoisotopic (exact) mass is 268 g/mol. The molecule has 1 atom stereocenters. The molecule has 0 heterocycles. The second kappa shape index (κ2) is 6.55. The van der Waals surface area contributed by atoms with E-state index in [1.54, 1.807) is 19.9 Å². The van der Waals surface area contributed by atoms with Gasteiger partial charge in [0.2, 0.25) is 0 Å². The van der Waals surface area contributed by atoms with Crippen LogP contribution in [-0.4, -0.2) is 23.5 Å². The molecule has 0 saturated carbocycles. The number of hydrogen-bond donors (Lipinski definition) is 3. The van der Waals surface area contributed by atoms with Crippen LogP contribution in [0.1, 0.15) is 13.8 Å². The van der Waals surface area contributed by atoms with E-state index in [2.05, 4.69) is 10.7 Å². The van der Waals surface area contributed by atoms with Gasteiger partial charge in [0, 0.05) is 0 Å². The van der Waals surface area contributed by atoms with Gasteiger partial charge in [0.25, 0.3) is 0 Å². The first-order valence-electron chi connectivity index (χ1n) is 5.68. The molecule has 0 amide bonds. The molecular formula is C11H16N4O4. The summed E-state index contributed by atoms with van der Waals surface area (Å²) < 4.78 is 4.82. The highest BCUT2D eigenvalue weighted by Gasteiger charge is 2.22. The predicted octanol–water partition coefficient (Wildman–Crippen LogP) is 1.24. The summed E-state index contributed by atoms with van der Waals surface area (Å²) in [5.41, 5.74) is 2.38. The fourth-order valence-corrected chi connectivity index (χ4v) is 1.53. The van der Waals surface area contributed by atoms with Gasteiger partial charge in [-0.05, 0) is 26.0 Å². The summed E-state index contributed by atoms with van der Waals surface area (Å²) >= 11 is 0. The molecule has 8 nitrogen and oxygen atoms in total. The van der Waals surface area contributed by atoms with Crippen molar-refractivity contribution in [3.05, 3.63) is 28.3 Å². The Morgan fingerprint density at radius 3 is 2.68 bits per heavy atom. The van der Waals surface area contributed by atoms with Crippen LogP contribution < -0.4 is 16.6 Å². The summed E-state index contributed by atoms with van der Waals surface area (Å²) in [5, 5.41) is 13.8. The number of nitrogen functional groups attached to an aromatic ring is 1. The third kappa shape index (κ3) is 3.55. The number of carbonyl (C=O) groups is 1. The number of nitrogens with zero attached hydrogens (tertiary/aromatic N) is 1. The van der Waals surface area contributed by atoms with Gasteiger partial charge in [0.05, 0.1) is 11.5 Å². The Bertz CT molecular complexity index is 478. The zero-order chi connectivity index (χ0) is 14.4. The molecule has 0 saturated heterocycles. The van der Waals surface area contributed by atoms with Crippen LogP contribution in [0.3, 0.4) is 0 Å². The Labute approximate surface area is 110 Å². The van der Waals surface area contributed by atoms with Crippen molar-refractivity contribution in [3.8, 4) is 0 Å². The lowest BCUT2D eigenvalue weighted by Gasteiger charge is -2.15. The average molecular weight is 268 g/mol. The number of benzene rings is 1. The highest BCUT2D eigenvalue weighted by molar-refractivity contribution is 5.83. The van der Waals surface area contributed by atoms with Crippen molar-refractivity contribution in [1.82, 2.24) is 0 Å². The van der Waals surface area contributed by atoms with Crippen LogP contribution in [-0.2, 0) is 9.53 Å². The summed E-state index contributed by atoms with van der Waals surface area (Å²) in [6.45, 7) is 3.49. The Kier molecular flexibility index (Phi) is 5.07. The van der Waals surface area contributed by atoms with Crippen LogP contribution in [0.15, 0.2) is 18.2 Å². The van der Waals surface area contributed by atoms with Crippen LogP contribution in [0.2, 0.25) is 0 Å². The van der Waals surface area contributed by atoms with Crippen molar-refractivity contribution >= 4 is 23.0 Å². The van der Waals surface area contributed by atoms with Crippen molar-refractivity contribution in [2.24, 2.45) is 5.84 Å². The quantitative estimate of drug-likeness (QED) is 0.307. The first kappa shape index (κ1) is 14.7. The summed E-state index contributed by atoms with van der Waals surface area (Å²) in [7, 11) is 0. The molecule has 19 heavy (non-hydrogen) atoms. The minimum Gasteiger partial charge on any atom is -0.464 e. The van der Waals surface area contributed by atoms with E-state index >= 15 is 0 Å². The van der Waals surface area contributed by atoms with Crippen LogP contribution in [0.5, 0.6) is 0 Å². The molecule has 8 heteroatoms. The predicted molar refractivity (Wildman–Crippen MR) is 70.6 cm³/mol. The molecule has 1 rings (SSSR count). The van der Waals surface area contributed by atoms with E-state index in [9.17, 15) is 14.9 Å². The third-order valence-electron chi connectivity index (χ3n) is 2.39. The number of nitrogens with two attached hydrogens (primary N) is 1. The van der Waals surface area contributed by atoms with Crippen molar-refractivity contribution in [1.29, 1.82) is 0 Å². The largest absolute Gasteiger partial charge is 0.464 e. The number of anilines is 2. The first-order chi connectivity index (χ1) is 9.01. The number of esters is 1. The Morgan fingerprint density at radius 2 is 2.16 bits per heavy atom. The molecule has 0 fully saturated rings. The maximum absolute atomic E-state index is 11.5. The van der Waals surface area contributed by atoms with E-state index in [-0.39, 0.29) is 23.7 Å². The van der Waals surface area contributed by atoms with Crippen molar-refractivity contribution in [2.75, 3.05) is 17.3 Å². The molecule has 0 aliphatic heterocycles. The summed E-state index contributed by atoms with van der Waals surface area (Å²) in [5.74, 6) is 4.74. The normalized spacial score (nSPS) is 11.5. The van der Waals surface area contributed by atoms with Gasteiger partial charge in [-0.3, -0.25) is 16.0 Å². The van der Waals surface area contributed by atoms with Gasteiger partial charge >= 0.3 is 11.7 Å². The topological polar surface area (TPSA) is 120 Å². The molecule has 0 aromatic heterocycles. The standard InChI is InChI=1S/C11H16N4O4/c1-3-19-11(16)7(2)13-8-5-4-6-9(14-12)10(8)15(17)18/h4-7,13-14H,3,12H2,1-2H3. The molecule has 1 aromatic rings. The molecule has 104 valence electrons. The number of para-hydroxylation sites is 1. The summed E-state index contributed by atoms with van der Waals surface area (Å²) in [6.07, 6.45) is 0.